The predicted molar refractivity (Wildman–Crippen MR) is 128 cm³/mol. The fourth-order valence-corrected chi connectivity index (χ4v) is 4.66. The second-order valence-electron chi connectivity index (χ2n) is 8.58. The van der Waals surface area contributed by atoms with E-state index in [1.807, 2.05) is 6.07 Å². The molecule has 1 aliphatic rings. The number of nitriles is 1. The number of pyridine rings is 1. The Balaban J connectivity index is 1.48. The topological polar surface area (TPSA) is 43.2 Å². The molecule has 1 aliphatic heterocycles. The van der Waals surface area contributed by atoms with Crippen molar-refractivity contribution in [3.05, 3.63) is 71.3 Å². The first kappa shape index (κ1) is 21.3. The molecule has 2 heterocycles. The third-order valence-corrected chi connectivity index (χ3v) is 6.50. The van der Waals surface area contributed by atoms with Crippen molar-refractivity contribution in [2.24, 2.45) is 0 Å². The molecule has 0 aliphatic carbocycles. The predicted octanol–water partition coefficient (Wildman–Crippen LogP) is 5.86. The normalized spacial score (nSPS) is 15.7. The van der Waals surface area contributed by atoms with Crippen LogP contribution in [0.4, 0.5) is 5.82 Å². The number of nitrogens with zero attached hydrogens (tertiary/aromatic N) is 4. The minimum Gasteiger partial charge on any atom is -0.354 e. The Hall–Kier alpha value is -2.90. The molecule has 0 radical (unpaired) electrons. The van der Waals surface area contributed by atoms with Gasteiger partial charge in [-0.3, -0.25) is 4.90 Å². The molecule has 4 nitrogen and oxygen atoms in total. The molecular weight excluding hydrogens is 380 g/mol. The highest BCUT2D eigenvalue weighted by atomic mass is 15.3. The number of unbranched alkanes of at least 4 members (excludes halogenated alkanes) is 2. The summed E-state index contributed by atoms with van der Waals surface area (Å²) >= 11 is 0. The zero-order valence-corrected chi connectivity index (χ0v) is 18.7. The summed E-state index contributed by atoms with van der Waals surface area (Å²) in [5.74, 6) is 1.08. The molecule has 1 saturated heterocycles. The van der Waals surface area contributed by atoms with Crippen molar-refractivity contribution >= 4 is 16.7 Å². The maximum atomic E-state index is 9.30. The van der Waals surface area contributed by atoms with E-state index >= 15 is 0 Å². The van der Waals surface area contributed by atoms with Crippen LogP contribution in [0.25, 0.3) is 10.9 Å². The molecule has 160 valence electrons. The van der Waals surface area contributed by atoms with Crippen molar-refractivity contribution in [2.75, 3.05) is 31.1 Å². The molecule has 4 heteroatoms. The number of benzene rings is 2. The van der Waals surface area contributed by atoms with Crippen LogP contribution in [0.1, 0.15) is 55.3 Å². The highest BCUT2D eigenvalue weighted by molar-refractivity contribution is 5.80. The summed E-state index contributed by atoms with van der Waals surface area (Å²) in [5, 5.41) is 10.5. The number of para-hydroxylation sites is 1. The minimum atomic E-state index is 0.421. The van der Waals surface area contributed by atoms with E-state index in [9.17, 15) is 5.26 Å². The SMILES string of the molecule is CCCCCC(c1ccc(C#N)c(C)c1)N1CCN(c2ccc3ccccc3n2)CC1. The van der Waals surface area contributed by atoms with E-state index in [1.54, 1.807) is 0 Å². The van der Waals surface area contributed by atoms with Crippen molar-refractivity contribution < 1.29 is 0 Å². The van der Waals surface area contributed by atoms with Gasteiger partial charge in [-0.2, -0.15) is 5.26 Å². The lowest BCUT2D eigenvalue weighted by atomic mass is 9.95. The Morgan fingerprint density at radius 2 is 1.81 bits per heavy atom. The summed E-state index contributed by atoms with van der Waals surface area (Å²) in [6.45, 7) is 8.36. The van der Waals surface area contributed by atoms with Crippen LogP contribution in [0.2, 0.25) is 0 Å². The van der Waals surface area contributed by atoms with Crippen LogP contribution in [0.3, 0.4) is 0 Å². The van der Waals surface area contributed by atoms with E-state index in [2.05, 4.69) is 78.2 Å². The van der Waals surface area contributed by atoms with Gasteiger partial charge in [0.2, 0.25) is 0 Å². The first-order valence-corrected chi connectivity index (χ1v) is 11.5. The average molecular weight is 413 g/mol. The zero-order chi connectivity index (χ0) is 21.6. The van der Waals surface area contributed by atoms with E-state index in [1.165, 1.54) is 36.6 Å². The first-order chi connectivity index (χ1) is 15.2. The molecular formula is C27H32N4. The van der Waals surface area contributed by atoms with E-state index in [-0.39, 0.29) is 0 Å². The molecule has 1 fully saturated rings. The Morgan fingerprint density at radius 3 is 2.55 bits per heavy atom. The highest BCUT2D eigenvalue weighted by Crippen LogP contribution is 2.30. The molecule has 0 amide bonds. The summed E-state index contributed by atoms with van der Waals surface area (Å²) in [5.41, 5.74) is 4.28. The lowest BCUT2D eigenvalue weighted by Crippen LogP contribution is -2.48. The highest BCUT2D eigenvalue weighted by Gasteiger charge is 2.25. The van der Waals surface area contributed by atoms with E-state index < -0.39 is 0 Å². The van der Waals surface area contributed by atoms with E-state index in [0.717, 1.165) is 48.6 Å². The van der Waals surface area contributed by atoms with Crippen molar-refractivity contribution in [1.29, 1.82) is 5.26 Å². The standard InChI is InChI=1S/C27H32N4/c1-3-4-5-10-26(23-11-12-24(20-28)21(2)19-23)30-15-17-31(18-16-30)27-14-13-22-8-6-7-9-25(22)29-27/h6-9,11-14,19,26H,3-5,10,15-18H2,1-2H3. The molecule has 1 unspecified atom stereocenters. The molecule has 2 aromatic carbocycles. The van der Waals surface area contributed by atoms with Crippen molar-refractivity contribution in [1.82, 2.24) is 9.88 Å². The monoisotopic (exact) mass is 412 g/mol. The van der Waals surface area contributed by atoms with Crippen molar-refractivity contribution in [3.63, 3.8) is 0 Å². The first-order valence-electron chi connectivity index (χ1n) is 11.5. The molecule has 31 heavy (non-hydrogen) atoms. The summed E-state index contributed by atoms with van der Waals surface area (Å²) in [4.78, 5) is 9.94. The van der Waals surface area contributed by atoms with E-state index in [4.69, 9.17) is 4.98 Å². The molecule has 1 aromatic heterocycles. The molecule has 4 rings (SSSR count). The van der Waals surface area contributed by atoms with Crippen molar-refractivity contribution in [3.8, 4) is 6.07 Å². The molecule has 0 saturated carbocycles. The number of hydrogen-bond acceptors (Lipinski definition) is 4. The smallest absolute Gasteiger partial charge is 0.129 e. The molecule has 0 N–H and O–H groups in total. The van der Waals surface area contributed by atoms with Gasteiger partial charge < -0.3 is 4.90 Å². The Kier molecular flexibility index (Phi) is 6.84. The third-order valence-electron chi connectivity index (χ3n) is 6.50. The number of rotatable bonds is 7. The van der Waals surface area contributed by atoms with Gasteiger partial charge in [-0.05, 0) is 48.7 Å². The van der Waals surface area contributed by atoms with Crippen LogP contribution in [-0.4, -0.2) is 36.1 Å². The van der Waals surface area contributed by atoms with Gasteiger partial charge in [0.25, 0.3) is 0 Å². The number of hydrogen-bond donors (Lipinski definition) is 0. The Morgan fingerprint density at radius 1 is 1.00 bits per heavy atom. The van der Waals surface area contributed by atoms with Gasteiger partial charge >= 0.3 is 0 Å². The van der Waals surface area contributed by atoms with Crippen LogP contribution >= 0.6 is 0 Å². The van der Waals surface area contributed by atoms with Crippen LogP contribution in [-0.2, 0) is 0 Å². The quantitative estimate of drug-likeness (QED) is 0.456. The molecule has 3 aromatic rings. The average Bonchev–Trinajstić information content (AvgIpc) is 2.82. The van der Waals surface area contributed by atoms with Crippen LogP contribution < -0.4 is 4.90 Å². The molecule has 1 atom stereocenters. The fraction of sp³-hybridized carbons (Fsp3) is 0.407. The van der Waals surface area contributed by atoms with Gasteiger partial charge in [0.15, 0.2) is 0 Å². The van der Waals surface area contributed by atoms with Gasteiger partial charge in [0.1, 0.15) is 5.82 Å². The van der Waals surface area contributed by atoms with Gasteiger partial charge in [0, 0.05) is 37.6 Å². The summed E-state index contributed by atoms with van der Waals surface area (Å²) in [6.07, 6.45) is 4.92. The zero-order valence-electron chi connectivity index (χ0n) is 18.7. The largest absolute Gasteiger partial charge is 0.354 e. The molecule has 0 spiro atoms. The number of anilines is 1. The van der Waals surface area contributed by atoms with Gasteiger partial charge in [-0.15, -0.1) is 0 Å². The number of aryl methyl sites for hydroxylation is 1. The third kappa shape index (κ3) is 4.89. The number of fused-ring (bicyclic) bond motifs is 1. The lowest BCUT2D eigenvalue weighted by molar-refractivity contribution is 0.173. The van der Waals surface area contributed by atoms with Gasteiger partial charge in [0.05, 0.1) is 17.1 Å². The summed E-state index contributed by atoms with van der Waals surface area (Å²) in [6, 6.07) is 21.8. The van der Waals surface area contributed by atoms with Crippen LogP contribution in [0.15, 0.2) is 54.6 Å². The second-order valence-corrected chi connectivity index (χ2v) is 8.58. The maximum absolute atomic E-state index is 9.30. The van der Waals surface area contributed by atoms with Crippen molar-refractivity contribution in [2.45, 2.75) is 45.6 Å². The number of aromatic nitrogens is 1. The van der Waals surface area contributed by atoms with Gasteiger partial charge in [-0.1, -0.05) is 56.5 Å². The van der Waals surface area contributed by atoms with Crippen LogP contribution in [0.5, 0.6) is 0 Å². The lowest BCUT2D eigenvalue weighted by Gasteiger charge is -2.40. The summed E-state index contributed by atoms with van der Waals surface area (Å²) in [7, 11) is 0. The van der Waals surface area contributed by atoms with Crippen LogP contribution in [0, 0.1) is 18.3 Å². The van der Waals surface area contributed by atoms with E-state index in [0.29, 0.717) is 6.04 Å². The fourth-order valence-electron chi connectivity index (χ4n) is 4.66. The Labute approximate surface area is 186 Å². The second kappa shape index (κ2) is 9.94. The minimum absolute atomic E-state index is 0.421. The van der Waals surface area contributed by atoms with Gasteiger partial charge in [-0.25, -0.2) is 4.98 Å². The molecule has 0 bridgehead atoms. The maximum Gasteiger partial charge on any atom is 0.129 e. The Bertz CT molecular complexity index is 1060. The number of piperazine rings is 1. The summed E-state index contributed by atoms with van der Waals surface area (Å²) < 4.78 is 0.